The van der Waals surface area contributed by atoms with E-state index >= 15 is 0 Å². The minimum atomic E-state index is -0.319. The van der Waals surface area contributed by atoms with Gasteiger partial charge in [0.1, 0.15) is 5.82 Å². The predicted molar refractivity (Wildman–Crippen MR) is 155 cm³/mol. The molecule has 2 aliphatic heterocycles. The summed E-state index contributed by atoms with van der Waals surface area (Å²) in [6.45, 7) is 4.46. The van der Waals surface area contributed by atoms with Gasteiger partial charge in [-0.2, -0.15) is 0 Å². The molecule has 0 spiro atoms. The third-order valence-corrected chi connectivity index (χ3v) is 8.42. The molecule has 0 atom stereocenters. The van der Waals surface area contributed by atoms with Gasteiger partial charge >= 0.3 is 0 Å². The van der Waals surface area contributed by atoms with Crippen molar-refractivity contribution in [1.29, 1.82) is 0 Å². The first-order valence-corrected chi connectivity index (χ1v) is 14.7. The lowest BCUT2D eigenvalue weighted by molar-refractivity contribution is -0.899. The van der Waals surface area contributed by atoms with Crippen LogP contribution in [-0.4, -0.2) is 38.0 Å². The quantitative estimate of drug-likeness (QED) is 0.307. The van der Waals surface area contributed by atoms with Crippen molar-refractivity contribution in [3.05, 3.63) is 100 Å². The van der Waals surface area contributed by atoms with Crippen molar-refractivity contribution in [1.82, 2.24) is 5.32 Å². The molecule has 7 heteroatoms. The molecule has 0 unspecified atom stereocenters. The molecule has 5 nitrogen and oxygen atoms in total. The van der Waals surface area contributed by atoms with Crippen LogP contribution in [0.25, 0.3) is 6.08 Å². The van der Waals surface area contributed by atoms with Crippen molar-refractivity contribution in [2.45, 2.75) is 43.5 Å². The highest BCUT2D eigenvalue weighted by molar-refractivity contribution is 8.04. The molecule has 202 valence electrons. The van der Waals surface area contributed by atoms with Crippen LogP contribution >= 0.6 is 11.8 Å². The summed E-state index contributed by atoms with van der Waals surface area (Å²) >= 11 is 1.41. The first kappa shape index (κ1) is 27.2. The molecule has 3 aromatic carbocycles. The summed E-state index contributed by atoms with van der Waals surface area (Å²) < 4.78 is 13.5. The van der Waals surface area contributed by atoms with E-state index in [9.17, 15) is 14.0 Å². The molecule has 5 rings (SSSR count). The average Bonchev–Trinajstić information content (AvgIpc) is 3.23. The van der Waals surface area contributed by atoms with Crippen molar-refractivity contribution in [3.8, 4) is 0 Å². The second-order valence-corrected chi connectivity index (χ2v) is 11.3. The minimum absolute atomic E-state index is 0.131. The molecular weight excluding hydrogens is 509 g/mol. The third-order valence-electron chi connectivity index (χ3n) is 7.34. The van der Waals surface area contributed by atoms with E-state index in [0.29, 0.717) is 22.7 Å². The highest BCUT2D eigenvalue weighted by Crippen LogP contribution is 2.43. The molecule has 1 saturated heterocycles. The molecule has 1 fully saturated rings. The number of anilines is 1. The maximum absolute atomic E-state index is 13.7. The van der Waals surface area contributed by atoms with Crippen LogP contribution in [0.3, 0.4) is 0 Å². The number of nitrogens with zero attached hydrogens (tertiary/aromatic N) is 1. The second kappa shape index (κ2) is 13.1. The van der Waals surface area contributed by atoms with E-state index in [4.69, 9.17) is 0 Å². The van der Waals surface area contributed by atoms with Crippen molar-refractivity contribution in [2.75, 3.05) is 31.1 Å². The number of halogens is 1. The number of hydrogen-bond donors (Lipinski definition) is 2. The Morgan fingerprint density at radius 1 is 0.974 bits per heavy atom. The molecule has 0 saturated carbocycles. The summed E-state index contributed by atoms with van der Waals surface area (Å²) in [5, 5.41) is 3.07. The van der Waals surface area contributed by atoms with E-state index < -0.39 is 0 Å². The van der Waals surface area contributed by atoms with Gasteiger partial charge in [0.25, 0.3) is 11.8 Å². The third kappa shape index (κ3) is 7.16. The van der Waals surface area contributed by atoms with Crippen molar-refractivity contribution >= 4 is 35.3 Å². The molecular formula is C32H35FN3O2S+. The van der Waals surface area contributed by atoms with E-state index in [1.165, 1.54) is 62.7 Å². The van der Waals surface area contributed by atoms with Gasteiger partial charge in [-0.3, -0.25) is 9.59 Å². The standard InChI is InChI=1S/C32H34FN3O2S/c33-27-14-11-25(12-15-27)23-36-28-22-26(31(37)34-17-8-20-35-18-6-1-2-7-19-35)13-16-29(28)39-30(32(36)38)21-24-9-4-3-5-10-24/h3-5,9-16,21-22H,1-2,6-8,17-20,23H2,(H,34,37)/p+1. The van der Waals surface area contributed by atoms with Crippen molar-refractivity contribution < 1.29 is 18.9 Å². The number of fused-ring (bicyclic) bond motifs is 1. The Hall–Kier alpha value is -3.42. The Balaban J connectivity index is 1.33. The van der Waals surface area contributed by atoms with E-state index in [1.54, 1.807) is 28.0 Å². The zero-order valence-electron chi connectivity index (χ0n) is 22.1. The van der Waals surface area contributed by atoms with E-state index in [-0.39, 0.29) is 24.2 Å². The van der Waals surface area contributed by atoms with Crippen molar-refractivity contribution in [3.63, 3.8) is 0 Å². The number of carbonyl (C=O) groups is 2. The summed E-state index contributed by atoms with van der Waals surface area (Å²) in [6, 6.07) is 21.5. The number of quaternary nitrogens is 1. The van der Waals surface area contributed by atoms with Gasteiger partial charge in [-0.1, -0.05) is 54.2 Å². The number of nitrogens with one attached hydrogen (secondary N) is 2. The van der Waals surface area contributed by atoms with Crippen LogP contribution in [0.4, 0.5) is 10.1 Å². The van der Waals surface area contributed by atoms with E-state index in [0.717, 1.165) is 29.0 Å². The summed E-state index contributed by atoms with van der Waals surface area (Å²) in [7, 11) is 0. The van der Waals surface area contributed by atoms with Gasteiger partial charge in [0.2, 0.25) is 0 Å². The Morgan fingerprint density at radius 3 is 2.46 bits per heavy atom. The Bertz CT molecular complexity index is 1320. The lowest BCUT2D eigenvalue weighted by Crippen LogP contribution is -3.11. The monoisotopic (exact) mass is 544 g/mol. The number of hydrogen-bond acceptors (Lipinski definition) is 3. The number of likely N-dealkylation sites (tertiary alicyclic amines) is 1. The first-order valence-electron chi connectivity index (χ1n) is 13.8. The maximum Gasteiger partial charge on any atom is 0.265 e. The number of benzene rings is 3. The van der Waals surface area contributed by atoms with Crippen LogP contribution in [0.1, 0.15) is 53.6 Å². The smallest absolute Gasteiger partial charge is 0.265 e. The Morgan fingerprint density at radius 2 is 1.72 bits per heavy atom. The topological polar surface area (TPSA) is 53.9 Å². The molecule has 2 N–H and O–H groups in total. The number of rotatable bonds is 8. The lowest BCUT2D eigenvalue weighted by Gasteiger charge is -2.31. The van der Waals surface area contributed by atoms with E-state index in [1.807, 2.05) is 48.5 Å². The van der Waals surface area contributed by atoms with Gasteiger partial charge in [0.15, 0.2) is 0 Å². The zero-order chi connectivity index (χ0) is 27.0. The van der Waals surface area contributed by atoms with Gasteiger partial charge in [-0.25, -0.2) is 4.39 Å². The first-order chi connectivity index (χ1) is 19.1. The highest BCUT2D eigenvalue weighted by Gasteiger charge is 2.30. The van der Waals surface area contributed by atoms with Gasteiger partial charge in [-0.05, 0) is 73.2 Å². The van der Waals surface area contributed by atoms with Crippen molar-refractivity contribution in [2.24, 2.45) is 0 Å². The van der Waals surface area contributed by atoms with Crippen LogP contribution in [0.15, 0.2) is 82.6 Å². The molecule has 2 amide bonds. The van der Waals surface area contributed by atoms with Crippen LogP contribution in [0, 0.1) is 5.82 Å². The number of thioether (sulfide) groups is 1. The van der Waals surface area contributed by atoms with Crippen LogP contribution < -0.4 is 15.1 Å². The fourth-order valence-corrected chi connectivity index (χ4v) is 6.24. The average molecular weight is 545 g/mol. The van der Waals surface area contributed by atoms with Crippen LogP contribution in [0.5, 0.6) is 0 Å². The minimum Gasteiger partial charge on any atom is -0.352 e. The van der Waals surface area contributed by atoms with Gasteiger partial charge < -0.3 is 15.1 Å². The maximum atomic E-state index is 13.7. The molecule has 2 aliphatic rings. The number of amides is 2. The summed E-state index contributed by atoms with van der Waals surface area (Å²) in [5.41, 5.74) is 2.98. The van der Waals surface area contributed by atoms with Gasteiger partial charge in [0.05, 0.1) is 36.8 Å². The molecule has 0 bridgehead atoms. The highest BCUT2D eigenvalue weighted by atomic mass is 32.2. The molecule has 0 radical (unpaired) electrons. The second-order valence-electron chi connectivity index (χ2n) is 10.2. The summed E-state index contributed by atoms with van der Waals surface area (Å²) in [4.78, 5) is 31.6. The molecule has 39 heavy (non-hydrogen) atoms. The zero-order valence-corrected chi connectivity index (χ0v) is 22.9. The molecule has 3 aromatic rings. The molecule has 0 aliphatic carbocycles. The molecule has 2 heterocycles. The fraction of sp³-hybridized carbons (Fsp3) is 0.312. The van der Waals surface area contributed by atoms with Crippen LogP contribution in [-0.2, 0) is 11.3 Å². The summed E-state index contributed by atoms with van der Waals surface area (Å²) in [5.74, 6) is -0.590. The SMILES string of the molecule is O=C(NCCC[NH+]1CCCCCC1)c1ccc2c(c1)N(Cc1ccc(F)cc1)C(=O)C(=Cc1ccccc1)S2. The van der Waals surface area contributed by atoms with Crippen LogP contribution in [0.2, 0.25) is 0 Å². The lowest BCUT2D eigenvalue weighted by atomic mass is 10.1. The molecule has 0 aromatic heterocycles. The fourth-order valence-electron chi connectivity index (χ4n) is 5.20. The normalized spacial score (nSPS) is 17.1. The number of carbonyl (C=O) groups excluding carboxylic acids is 2. The Kier molecular flexibility index (Phi) is 9.12. The largest absolute Gasteiger partial charge is 0.352 e. The Labute approximate surface area is 234 Å². The summed E-state index contributed by atoms with van der Waals surface area (Å²) in [6.07, 6.45) is 8.10. The van der Waals surface area contributed by atoms with Gasteiger partial charge in [-0.15, -0.1) is 0 Å². The van der Waals surface area contributed by atoms with E-state index in [2.05, 4.69) is 5.32 Å². The predicted octanol–water partition coefficient (Wildman–Crippen LogP) is 5.08. The van der Waals surface area contributed by atoms with Gasteiger partial charge in [0, 0.05) is 23.4 Å².